The van der Waals surface area contributed by atoms with Crippen molar-refractivity contribution in [3.63, 3.8) is 0 Å². The van der Waals surface area contributed by atoms with Gasteiger partial charge in [0.1, 0.15) is 22.1 Å². The van der Waals surface area contributed by atoms with E-state index in [9.17, 15) is 13.2 Å². The Morgan fingerprint density at radius 1 is 0.971 bits per heavy atom. The van der Waals surface area contributed by atoms with Gasteiger partial charge in [-0.1, -0.05) is 42.5 Å². The molecule has 3 aromatic carbocycles. The molecule has 1 heterocycles. The van der Waals surface area contributed by atoms with Crippen LogP contribution in [0.2, 0.25) is 0 Å². The molecule has 1 N–H and O–H groups in total. The zero-order valence-electron chi connectivity index (χ0n) is 18.8. The molecular weight excluding hydrogens is 468 g/mol. The monoisotopic (exact) mass is 492 g/mol. The van der Waals surface area contributed by atoms with Crippen LogP contribution in [0.3, 0.4) is 0 Å². The van der Waals surface area contributed by atoms with Crippen LogP contribution >= 0.6 is 11.3 Å². The zero-order chi connectivity index (χ0) is 24.1. The maximum absolute atomic E-state index is 13.3. The lowest BCUT2D eigenvalue weighted by atomic mass is 10.2. The topological polar surface area (TPSA) is 75.7 Å². The summed E-state index contributed by atoms with van der Waals surface area (Å²) in [6, 6.07) is 25.4. The van der Waals surface area contributed by atoms with E-state index in [0.29, 0.717) is 23.7 Å². The lowest BCUT2D eigenvalue weighted by Gasteiger charge is -2.20. The van der Waals surface area contributed by atoms with Crippen LogP contribution in [0.25, 0.3) is 0 Å². The Morgan fingerprint density at radius 2 is 1.71 bits per heavy atom. The van der Waals surface area contributed by atoms with Gasteiger partial charge in [-0.15, -0.1) is 11.3 Å². The van der Waals surface area contributed by atoms with E-state index in [0.717, 1.165) is 22.5 Å². The lowest BCUT2D eigenvalue weighted by Crippen LogP contribution is -2.28. The van der Waals surface area contributed by atoms with Crippen molar-refractivity contribution in [3.8, 4) is 5.75 Å². The van der Waals surface area contributed by atoms with Crippen molar-refractivity contribution < 1.29 is 17.9 Å². The fourth-order valence-corrected chi connectivity index (χ4v) is 5.82. The van der Waals surface area contributed by atoms with Gasteiger partial charge in [-0.3, -0.25) is 9.10 Å². The van der Waals surface area contributed by atoms with Crippen molar-refractivity contribution in [2.75, 3.05) is 16.7 Å². The van der Waals surface area contributed by atoms with Gasteiger partial charge >= 0.3 is 0 Å². The van der Waals surface area contributed by atoms with Gasteiger partial charge in [0.05, 0.1) is 5.69 Å². The summed E-state index contributed by atoms with van der Waals surface area (Å²) >= 11 is 1.09. The molecule has 8 heteroatoms. The van der Waals surface area contributed by atoms with Gasteiger partial charge in [0, 0.05) is 12.7 Å². The zero-order valence-corrected chi connectivity index (χ0v) is 20.4. The van der Waals surface area contributed by atoms with Crippen molar-refractivity contribution in [1.82, 2.24) is 0 Å². The number of carbonyl (C=O) groups is 1. The summed E-state index contributed by atoms with van der Waals surface area (Å²) < 4.78 is 33.5. The summed E-state index contributed by atoms with van der Waals surface area (Å²) in [6.07, 6.45) is 0. The van der Waals surface area contributed by atoms with Gasteiger partial charge in [-0.25, -0.2) is 8.42 Å². The molecule has 4 rings (SSSR count). The van der Waals surface area contributed by atoms with E-state index in [1.165, 1.54) is 17.4 Å². The number of aryl methyl sites for hydroxylation is 1. The van der Waals surface area contributed by atoms with Gasteiger partial charge < -0.3 is 10.1 Å². The van der Waals surface area contributed by atoms with Crippen LogP contribution in [-0.4, -0.2) is 21.4 Å². The van der Waals surface area contributed by atoms with Gasteiger partial charge in [0.2, 0.25) is 0 Å². The molecule has 0 radical (unpaired) electrons. The van der Waals surface area contributed by atoms with Crippen LogP contribution in [-0.2, 0) is 16.6 Å². The minimum absolute atomic E-state index is 0.0261. The predicted octanol–water partition coefficient (Wildman–Crippen LogP) is 5.71. The quantitative estimate of drug-likeness (QED) is 0.342. The van der Waals surface area contributed by atoms with Crippen molar-refractivity contribution in [1.29, 1.82) is 0 Å². The Bertz CT molecular complexity index is 1380. The highest BCUT2D eigenvalue weighted by Crippen LogP contribution is 2.29. The Labute approximate surface area is 203 Å². The molecule has 0 atom stereocenters. The second kappa shape index (κ2) is 10.1. The molecule has 0 saturated heterocycles. The minimum Gasteiger partial charge on any atom is -0.489 e. The van der Waals surface area contributed by atoms with E-state index in [4.69, 9.17) is 4.74 Å². The van der Waals surface area contributed by atoms with Crippen molar-refractivity contribution in [2.45, 2.75) is 18.4 Å². The molecule has 4 aromatic rings. The first-order chi connectivity index (χ1) is 16.3. The van der Waals surface area contributed by atoms with Gasteiger partial charge in [0.15, 0.2) is 0 Å². The third-order valence-corrected chi connectivity index (χ3v) is 8.07. The summed E-state index contributed by atoms with van der Waals surface area (Å²) in [5, 5.41) is 4.38. The molecule has 0 unspecified atom stereocenters. The third kappa shape index (κ3) is 5.30. The summed E-state index contributed by atoms with van der Waals surface area (Å²) in [7, 11) is -2.43. The second-order valence-corrected chi connectivity index (χ2v) is 10.5. The van der Waals surface area contributed by atoms with Crippen LogP contribution in [0, 0.1) is 6.92 Å². The van der Waals surface area contributed by atoms with E-state index in [1.807, 2.05) is 43.3 Å². The standard InChI is InChI=1S/C26H24N2O4S2/c1-19-7-6-10-22(17-19)28(2)34(30,31)24-15-16-33-25(24)26(29)27-21-11-13-23(14-12-21)32-18-20-8-4-3-5-9-20/h3-17H,18H2,1-2H3,(H,27,29). The second-order valence-electron chi connectivity index (χ2n) is 7.68. The molecule has 0 spiro atoms. The largest absolute Gasteiger partial charge is 0.489 e. The summed E-state index contributed by atoms with van der Waals surface area (Å²) in [5.41, 5.74) is 3.07. The number of hydrogen-bond acceptors (Lipinski definition) is 5. The summed E-state index contributed by atoms with van der Waals surface area (Å²) in [4.78, 5) is 13.0. The summed E-state index contributed by atoms with van der Waals surface area (Å²) in [6.45, 7) is 2.34. The Balaban J connectivity index is 1.46. The maximum Gasteiger partial charge on any atom is 0.267 e. The van der Waals surface area contributed by atoms with Crippen molar-refractivity contribution >= 4 is 38.6 Å². The van der Waals surface area contributed by atoms with Crippen molar-refractivity contribution in [3.05, 3.63) is 106 Å². The molecule has 0 fully saturated rings. The fourth-order valence-electron chi connectivity index (χ4n) is 3.34. The van der Waals surface area contributed by atoms with Crippen LogP contribution in [0.4, 0.5) is 11.4 Å². The number of ether oxygens (including phenoxy) is 1. The number of sulfonamides is 1. The number of carbonyl (C=O) groups excluding carboxylic acids is 1. The average molecular weight is 493 g/mol. The van der Waals surface area contributed by atoms with E-state index in [1.54, 1.807) is 47.8 Å². The smallest absolute Gasteiger partial charge is 0.267 e. The normalized spacial score (nSPS) is 11.1. The predicted molar refractivity (Wildman–Crippen MR) is 136 cm³/mol. The molecule has 6 nitrogen and oxygen atoms in total. The number of thiophene rings is 1. The van der Waals surface area contributed by atoms with Gasteiger partial charge in [-0.05, 0) is 65.9 Å². The number of hydrogen-bond donors (Lipinski definition) is 1. The number of rotatable bonds is 8. The molecule has 0 saturated carbocycles. The highest BCUT2D eigenvalue weighted by atomic mass is 32.2. The number of nitrogens with one attached hydrogen (secondary N) is 1. The number of benzene rings is 3. The molecule has 34 heavy (non-hydrogen) atoms. The first kappa shape index (κ1) is 23.5. The number of nitrogens with zero attached hydrogens (tertiary/aromatic N) is 1. The van der Waals surface area contributed by atoms with Gasteiger partial charge in [-0.2, -0.15) is 0 Å². The molecular formula is C26H24N2O4S2. The molecule has 174 valence electrons. The molecule has 0 aliphatic carbocycles. The van der Waals surface area contributed by atoms with Crippen molar-refractivity contribution in [2.24, 2.45) is 0 Å². The first-order valence-electron chi connectivity index (χ1n) is 10.6. The molecule has 0 aliphatic heterocycles. The molecule has 1 amide bonds. The molecule has 0 aliphatic rings. The fraction of sp³-hybridized carbons (Fsp3) is 0.115. The van der Waals surface area contributed by atoms with E-state index in [2.05, 4.69) is 5.32 Å². The van der Waals surface area contributed by atoms with Crippen LogP contribution in [0.5, 0.6) is 5.75 Å². The number of anilines is 2. The van der Waals surface area contributed by atoms with E-state index < -0.39 is 15.9 Å². The van der Waals surface area contributed by atoms with Crippen LogP contribution < -0.4 is 14.4 Å². The number of amides is 1. The van der Waals surface area contributed by atoms with E-state index in [-0.39, 0.29) is 9.77 Å². The maximum atomic E-state index is 13.3. The third-order valence-electron chi connectivity index (χ3n) is 5.20. The lowest BCUT2D eigenvalue weighted by molar-refractivity contribution is 0.102. The van der Waals surface area contributed by atoms with Crippen LogP contribution in [0.15, 0.2) is 95.2 Å². The SMILES string of the molecule is Cc1cccc(N(C)S(=O)(=O)c2ccsc2C(=O)Nc2ccc(OCc3ccccc3)cc2)c1. The summed E-state index contributed by atoms with van der Waals surface area (Å²) in [5.74, 6) is 0.185. The average Bonchev–Trinajstić information content (AvgIpc) is 3.35. The highest BCUT2D eigenvalue weighted by Gasteiger charge is 2.28. The van der Waals surface area contributed by atoms with E-state index >= 15 is 0 Å². The van der Waals surface area contributed by atoms with Gasteiger partial charge in [0.25, 0.3) is 15.9 Å². The Hall–Kier alpha value is -3.62. The van der Waals surface area contributed by atoms with Crippen LogP contribution in [0.1, 0.15) is 20.8 Å². The molecule has 0 bridgehead atoms. The first-order valence-corrected chi connectivity index (χ1v) is 12.9. The highest BCUT2D eigenvalue weighted by molar-refractivity contribution is 7.93. The Kier molecular flexibility index (Phi) is 7.00. The Morgan fingerprint density at radius 3 is 2.41 bits per heavy atom. The molecule has 1 aromatic heterocycles. The minimum atomic E-state index is -3.91.